The predicted octanol–water partition coefficient (Wildman–Crippen LogP) is 2.17. The van der Waals surface area contributed by atoms with Gasteiger partial charge in [-0.3, -0.25) is 0 Å². The summed E-state index contributed by atoms with van der Waals surface area (Å²) in [6, 6.07) is 2.97. The molecule has 3 heteroatoms. The van der Waals surface area contributed by atoms with Crippen molar-refractivity contribution in [2.24, 2.45) is 0 Å². The summed E-state index contributed by atoms with van der Waals surface area (Å²) in [4.78, 5) is 0. The Balaban J connectivity index is 2.45. The van der Waals surface area contributed by atoms with Crippen LogP contribution in [-0.4, -0.2) is 18.8 Å². The lowest BCUT2D eigenvalue weighted by atomic mass is 10.4. The summed E-state index contributed by atoms with van der Waals surface area (Å²) in [5.41, 5.74) is 0. The highest BCUT2D eigenvalue weighted by Gasteiger charge is 2.32. The first kappa shape index (κ1) is 8.02. The monoisotopic (exact) mass is 178 g/mol. The maximum Gasteiger partial charge on any atom is 0.0733 e. The van der Waals surface area contributed by atoms with Gasteiger partial charge < -0.3 is 0 Å². The second-order valence-electron chi connectivity index (χ2n) is 3.02. The van der Waals surface area contributed by atoms with E-state index in [2.05, 4.69) is 25.3 Å². The molecular weight excluding hydrogens is 164 g/mol. The van der Waals surface area contributed by atoms with E-state index in [1.807, 2.05) is 0 Å². The third-order valence-electron chi connectivity index (χ3n) is 2.34. The Morgan fingerprint density at radius 3 is 1.67 bits per heavy atom. The lowest BCUT2D eigenvalue weighted by molar-refractivity contribution is 0.935. The molecular formula is C6H14S2Si. The van der Waals surface area contributed by atoms with E-state index in [4.69, 9.17) is 0 Å². The molecule has 0 aromatic rings. The molecule has 9 heavy (non-hydrogen) atoms. The summed E-state index contributed by atoms with van der Waals surface area (Å²) in [6.45, 7) is 0. The molecule has 0 nitrogen and oxygen atoms in total. The first-order valence-corrected chi connectivity index (χ1v) is 7.64. The summed E-state index contributed by atoms with van der Waals surface area (Å²) in [5.74, 6) is 0. The molecule has 1 rings (SSSR count). The van der Waals surface area contributed by atoms with Crippen LogP contribution in [0, 0.1) is 0 Å². The number of hydrogen-bond acceptors (Lipinski definition) is 2. The van der Waals surface area contributed by atoms with Crippen LogP contribution >= 0.6 is 25.3 Å². The van der Waals surface area contributed by atoms with Crippen molar-refractivity contribution in [2.75, 3.05) is 10.8 Å². The molecule has 0 aliphatic carbocycles. The molecule has 0 saturated carbocycles. The van der Waals surface area contributed by atoms with Crippen molar-refractivity contribution in [3.63, 3.8) is 0 Å². The first-order chi connectivity index (χ1) is 4.33. The van der Waals surface area contributed by atoms with Gasteiger partial charge in [0.15, 0.2) is 0 Å². The van der Waals surface area contributed by atoms with E-state index in [1.54, 1.807) is 0 Å². The maximum absolute atomic E-state index is 4.39. The topological polar surface area (TPSA) is 0 Å². The van der Waals surface area contributed by atoms with Crippen molar-refractivity contribution in [1.29, 1.82) is 0 Å². The normalized spacial score (nSPS) is 24.7. The van der Waals surface area contributed by atoms with Gasteiger partial charge in [-0.05, 0) is 10.8 Å². The van der Waals surface area contributed by atoms with Gasteiger partial charge >= 0.3 is 0 Å². The molecule has 0 spiro atoms. The molecule has 54 valence electrons. The van der Waals surface area contributed by atoms with Gasteiger partial charge in [0.2, 0.25) is 0 Å². The Hall–Kier alpha value is 0.917. The smallest absolute Gasteiger partial charge is 0.0733 e. The first-order valence-electron chi connectivity index (χ1n) is 3.55. The number of rotatable bonds is 2. The minimum Gasteiger partial charge on any atom is -0.182 e. The molecule has 1 aliphatic heterocycles. The molecule has 1 fully saturated rings. The second kappa shape index (κ2) is 3.35. The SMILES string of the molecule is SC[Si]1(CS)CCCC1. The van der Waals surface area contributed by atoms with Crippen LogP contribution in [0.25, 0.3) is 0 Å². The summed E-state index contributed by atoms with van der Waals surface area (Å²) in [7, 11) is -0.852. The molecule has 1 saturated heterocycles. The number of hydrogen-bond donors (Lipinski definition) is 2. The van der Waals surface area contributed by atoms with Crippen molar-refractivity contribution < 1.29 is 0 Å². The zero-order valence-corrected chi connectivity index (χ0v) is 8.43. The Kier molecular flexibility index (Phi) is 2.98. The van der Waals surface area contributed by atoms with Gasteiger partial charge in [-0.15, -0.1) is 0 Å². The molecule has 0 aromatic carbocycles. The Morgan fingerprint density at radius 2 is 1.44 bits per heavy atom. The number of thiol groups is 2. The van der Waals surface area contributed by atoms with Crippen LogP contribution in [0.3, 0.4) is 0 Å². The third-order valence-corrected chi connectivity index (χ3v) is 10.5. The van der Waals surface area contributed by atoms with Crippen molar-refractivity contribution in [3.05, 3.63) is 0 Å². The Labute approximate surface area is 69.2 Å². The van der Waals surface area contributed by atoms with Crippen LogP contribution in [0.1, 0.15) is 12.8 Å². The molecule has 0 N–H and O–H groups in total. The van der Waals surface area contributed by atoms with Gasteiger partial charge in [0, 0.05) is 0 Å². The van der Waals surface area contributed by atoms with E-state index in [-0.39, 0.29) is 0 Å². The minimum atomic E-state index is -0.852. The highest BCUT2D eigenvalue weighted by atomic mass is 32.1. The highest BCUT2D eigenvalue weighted by molar-refractivity contribution is 7.85. The van der Waals surface area contributed by atoms with Crippen molar-refractivity contribution >= 4 is 33.3 Å². The van der Waals surface area contributed by atoms with Crippen LogP contribution in [0.5, 0.6) is 0 Å². The molecule has 1 aliphatic rings. The van der Waals surface area contributed by atoms with Crippen LogP contribution in [0.15, 0.2) is 0 Å². The van der Waals surface area contributed by atoms with Gasteiger partial charge in [-0.25, -0.2) is 0 Å². The van der Waals surface area contributed by atoms with Crippen molar-refractivity contribution in [3.8, 4) is 0 Å². The van der Waals surface area contributed by atoms with Gasteiger partial charge in [0.1, 0.15) is 0 Å². The van der Waals surface area contributed by atoms with E-state index < -0.39 is 8.07 Å². The fraction of sp³-hybridized carbons (Fsp3) is 1.00. The summed E-state index contributed by atoms with van der Waals surface area (Å²) < 4.78 is 0. The molecule has 0 atom stereocenters. The largest absolute Gasteiger partial charge is 0.182 e. The summed E-state index contributed by atoms with van der Waals surface area (Å²) in [5, 5.41) is 2.33. The fourth-order valence-electron chi connectivity index (χ4n) is 1.49. The molecule has 0 bridgehead atoms. The summed E-state index contributed by atoms with van der Waals surface area (Å²) >= 11 is 8.79. The Bertz CT molecular complexity index is 83.1. The molecule has 1 heterocycles. The average molecular weight is 178 g/mol. The molecule has 0 radical (unpaired) electrons. The van der Waals surface area contributed by atoms with Crippen LogP contribution in [0.2, 0.25) is 12.1 Å². The van der Waals surface area contributed by atoms with E-state index in [0.29, 0.717) is 0 Å². The van der Waals surface area contributed by atoms with E-state index in [9.17, 15) is 0 Å². The Morgan fingerprint density at radius 1 is 1.00 bits per heavy atom. The average Bonchev–Trinajstić information content (AvgIpc) is 2.36. The van der Waals surface area contributed by atoms with E-state index >= 15 is 0 Å². The zero-order valence-electron chi connectivity index (χ0n) is 5.64. The molecule has 0 unspecified atom stereocenters. The van der Waals surface area contributed by atoms with Crippen LogP contribution in [-0.2, 0) is 0 Å². The molecule has 0 aromatic heterocycles. The van der Waals surface area contributed by atoms with E-state index in [1.165, 1.54) is 24.9 Å². The lowest BCUT2D eigenvalue weighted by Crippen LogP contribution is -2.35. The fourth-order valence-corrected chi connectivity index (χ4v) is 7.57. The van der Waals surface area contributed by atoms with Gasteiger partial charge in [-0.2, -0.15) is 25.3 Å². The second-order valence-corrected chi connectivity index (χ2v) is 9.55. The molecule has 0 amide bonds. The van der Waals surface area contributed by atoms with Crippen LogP contribution < -0.4 is 0 Å². The van der Waals surface area contributed by atoms with Crippen LogP contribution in [0.4, 0.5) is 0 Å². The van der Waals surface area contributed by atoms with Crippen molar-refractivity contribution in [1.82, 2.24) is 0 Å². The minimum absolute atomic E-state index is 0.852. The van der Waals surface area contributed by atoms with Gasteiger partial charge in [-0.1, -0.05) is 24.9 Å². The predicted molar refractivity (Wildman–Crippen MR) is 52.3 cm³/mol. The highest BCUT2D eigenvalue weighted by Crippen LogP contribution is 2.31. The van der Waals surface area contributed by atoms with Gasteiger partial charge in [0.25, 0.3) is 0 Å². The van der Waals surface area contributed by atoms with Crippen molar-refractivity contribution in [2.45, 2.75) is 24.9 Å². The summed E-state index contributed by atoms with van der Waals surface area (Å²) in [6.07, 6.45) is 2.90. The van der Waals surface area contributed by atoms with E-state index in [0.717, 1.165) is 10.8 Å². The van der Waals surface area contributed by atoms with Gasteiger partial charge in [0.05, 0.1) is 8.07 Å². The standard InChI is InChI=1S/C6H14S2Si/c7-5-9(6-8)3-1-2-4-9/h7-8H,1-6H2. The third kappa shape index (κ3) is 1.68. The quantitative estimate of drug-likeness (QED) is 0.470. The lowest BCUT2D eigenvalue weighted by Gasteiger charge is -2.20. The maximum atomic E-state index is 4.39. The zero-order chi connectivity index (χ0) is 6.74.